The van der Waals surface area contributed by atoms with Crippen LogP contribution in [0.2, 0.25) is 0 Å². The molecule has 0 saturated carbocycles. The van der Waals surface area contributed by atoms with Gasteiger partial charge in [-0.15, -0.1) is 0 Å². The normalized spacial score (nSPS) is 22.5. The van der Waals surface area contributed by atoms with Crippen molar-refractivity contribution in [3.8, 4) is 0 Å². The highest BCUT2D eigenvalue weighted by molar-refractivity contribution is 5.86. The molecule has 7 nitrogen and oxygen atoms in total. The molecule has 2 unspecified atom stereocenters. The van der Waals surface area contributed by atoms with Crippen LogP contribution in [0.4, 0.5) is 0 Å². The molecule has 132 valence electrons. The summed E-state index contributed by atoms with van der Waals surface area (Å²) in [6, 6.07) is -0.638. The van der Waals surface area contributed by atoms with Crippen molar-refractivity contribution in [1.29, 1.82) is 0 Å². The quantitative estimate of drug-likeness (QED) is 0.531. The summed E-state index contributed by atoms with van der Waals surface area (Å²) in [5, 5.41) is 12.4. The van der Waals surface area contributed by atoms with Crippen LogP contribution in [-0.4, -0.2) is 46.5 Å². The van der Waals surface area contributed by atoms with Crippen molar-refractivity contribution in [2.45, 2.75) is 65.1 Å². The van der Waals surface area contributed by atoms with Gasteiger partial charge in [-0.25, -0.2) is 0 Å². The molecule has 0 aromatic heterocycles. The van der Waals surface area contributed by atoms with Gasteiger partial charge in [0.15, 0.2) is 0 Å². The standard InChI is InChI=1S/C16H29N3O4/c1-10(2)14(15(17)22)18-12(20)7-5-4-6-8-19-13(21)9-11(3)16(19)23/h10-11,13-14,21H,4-9H2,1-3H3,(H2,17,22)(H,18,20)/t11?,13?,14-/m0/s1. The van der Waals surface area contributed by atoms with Crippen molar-refractivity contribution in [3.63, 3.8) is 0 Å². The first-order valence-corrected chi connectivity index (χ1v) is 8.31. The number of amides is 3. The number of nitrogens with two attached hydrogens (primary N) is 1. The summed E-state index contributed by atoms with van der Waals surface area (Å²) in [7, 11) is 0. The third-order valence-corrected chi connectivity index (χ3v) is 4.22. The molecule has 0 spiro atoms. The Morgan fingerprint density at radius 1 is 1.35 bits per heavy atom. The number of unbranched alkanes of at least 4 members (excludes halogenated alkanes) is 2. The molecule has 0 aliphatic carbocycles. The number of carbonyl (C=O) groups excluding carboxylic acids is 3. The lowest BCUT2D eigenvalue weighted by atomic mass is 10.0. The number of rotatable bonds is 9. The Hall–Kier alpha value is -1.63. The molecule has 23 heavy (non-hydrogen) atoms. The zero-order valence-electron chi connectivity index (χ0n) is 14.2. The molecule has 1 fully saturated rings. The number of aliphatic hydroxyl groups excluding tert-OH is 1. The van der Waals surface area contributed by atoms with E-state index >= 15 is 0 Å². The van der Waals surface area contributed by atoms with Crippen LogP contribution in [0.15, 0.2) is 0 Å². The second-order valence-corrected chi connectivity index (χ2v) is 6.65. The molecule has 1 saturated heterocycles. The summed E-state index contributed by atoms with van der Waals surface area (Å²) in [4.78, 5) is 36.3. The highest BCUT2D eigenvalue weighted by Crippen LogP contribution is 2.22. The maximum atomic E-state index is 11.8. The van der Waals surface area contributed by atoms with Gasteiger partial charge in [0.05, 0.1) is 0 Å². The number of hydrogen-bond donors (Lipinski definition) is 3. The Labute approximate surface area is 137 Å². The van der Waals surface area contributed by atoms with Crippen molar-refractivity contribution in [3.05, 3.63) is 0 Å². The lowest BCUT2D eigenvalue weighted by Gasteiger charge is -2.20. The first-order chi connectivity index (χ1) is 10.7. The lowest BCUT2D eigenvalue weighted by Crippen LogP contribution is -2.47. The van der Waals surface area contributed by atoms with Crippen LogP contribution in [0.25, 0.3) is 0 Å². The molecule has 3 atom stereocenters. The Balaban J connectivity index is 2.21. The molecule has 1 rings (SSSR count). The molecule has 0 radical (unpaired) electrons. The molecule has 0 bridgehead atoms. The molecule has 4 N–H and O–H groups in total. The third kappa shape index (κ3) is 5.82. The van der Waals surface area contributed by atoms with Gasteiger partial charge in [0, 0.05) is 25.3 Å². The topological polar surface area (TPSA) is 113 Å². The summed E-state index contributed by atoms with van der Waals surface area (Å²) in [5.41, 5.74) is 5.25. The Morgan fingerprint density at radius 3 is 2.48 bits per heavy atom. The summed E-state index contributed by atoms with van der Waals surface area (Å²) in [5.74, 6) is -0.868. The van der Waals surface area contributed by atoms with E-state index in [-0.39, 0.29) is 23.7 Å². The lowest BCUT2D eigenvalue weighted by molar-refractivity contribution is -0.135. The zero-order chi connectivity index (χ0) is 17.6. The van der Waals surface area contributed by atoms with E-state index in [1.165, 1.54) is 4.90 Å². The van der Waals surface area contributed by atoms with Crippen molar-refractivity contribution >= 4 is 17.7 Å². The molecular formula is C16H29N3O4. The Kier molecular flexibility index (Phi) is 7.48. The SMILES string of the molecule is CC1CC(O)N(CCCCCC(=O)N[C@H](C(N)=O)C(C)C)C1=O. The van der Waals surface area contributed by atoms with E-state index in [4.69, 9.17) is 5.73 Å². The number of nitrogens with one attached hydrogen (secondary N) is 1. The van der Waals surface area contributed by atoms with E-state index in [0.717, 1.165) is 12.8 Å². The van der Waals surface area contributed by atoms with Crippen molar-refractivity contribution in [2.75, 3.05) is 6.54 Å². The average molecular weight is 327 g/mol. The predicted octanol–water partition coefficient (Wildman–Crippen LogP) is 0.360. The minimum Gasteiger partial charge on any atom is -0.374 e. The smallest absolute Gasteiger partial charge is 0.240 e. The zero-order valence-corrected chi connectivity index (χ0v) is 14.2. The highest BCUT2D eigenvalue weighted by Gasteiger charge is 2.34. The number of aliphatic hydroxyl groups is 1. The number of hydrogen-bond acceptors (Lipinski definition) is 4. The number of carbonyl (C=O) groups is 3. The van der Waals surface area contributed by atoms with Gasteiger partial charge in [0.2, 0.25) is 17.7 Å². The van der Waals surface area contributed by atoms with Gasteiger partial charge in [-0.05, 0) is 18.8 Å². The highest BCUT2D eigenvalue weighted by atomic mass is 16.3. The van der Waals surface area contributed by atoms with Gasteiger partial charge < -0.3 is 21.1 Å². The van der Waals surface area contributed by atoms with Gasteiger partial charge in [-0.2, -0.15) is 0 Å². The number of likely N-dealkylation sites (tertiary alicyclic amines) is 1. The molecule has 3 amide bonds. The van der Waals surface area contributed by atoms with Crippen molar-refractivity contribution in [1.82, 2.24) is 10.2 Å². The van der Waals surface area contributed by atoms with Crippen LogP contribution in [0.1, 0.15) is 52.9 Å². The van der Waals surface area contributed by atoms with Gasteiger partial charge >= 0.3 is 0 Å². The van der Waals surface area contributed by atoms with Crippen molar-refractivity contribution < 1.29 is 19.5 Å². The maximum Gasteiger partial charge on any atom is 0.240 e. The molecular weight excluding hydrogens is 298 g/mol. The second-order valence-electron chi connectivity index (χ2n) is 6.65. The first-order valence-electron chi connectivity index (χ1n) is 8.31. The van der Waals surface area contributed by atoms with Crippen LogP contribution >= 0.6 is 0 Å². The maximum absolute atomic E-state index is 11.8. The summed E-state index contributed by atoms with van der Waals surface area (Å²) >= 11 is 0. The van der Waals surface area contributed by atoms with Crippen LogP contribution in [0.5, 0.6) is 0 Å². The monoisotopic (exact) mass is 327 g/mol. The van der Waals surface area contributed by atoms with E-state index in [1.807, 2.05) is 20.8 Å². The van der Waals surface area contributed by atoms with Crippen LogP contribution in [0, 0.1) is 11.8 Å². The minimum atomic E-state index is -0.678. The molecule has 1 heterocycles. The van der Waals surface area contributed by atoms with Crippen LogP contribution in [-0.2, 0) is 14.4 Å². The molecule has 0 aromatic rings. The van der Waals surface area contributed by atoms with Gasteiger partial charge in [0.25, 0.3) is 0 Å². The first kappa shape index (κ1) is 19.4. The fraction of sp³-hybridized carbons (Fsp3) is 0.812. The molecule has 1 aliphatic rings. The summed E-state index contributed by atoms with van der Waals surface area (Å²) in [6.45, 7) is 5.99. The largest absolute Gasteiger partial charge is 0.374 e. The van der Waals surface area contributed by atoms with Gasteiger partial charge in [-0.1, -0.05) is 27.2 Å². The number of primary amides is 1. The minimum absolute atomic E-state index is 0.00326. The van der Waals surface area contributed by atoms with Crippen LogP contribution in [0.3, 0.4) is 0 Å². The third-order valence-electron chi connectivity index (χ3n) is 4.22. The van der Waals surface area contributed by atoms with E-state index in [0.29, 0.717) is 25.8 Å². The molecule has 7 heteroatoms. The van der Waals surface area contributed by atoms with E-state index in [1.54, 1.807) is 0 Å². The van der Waals surface area contributed by atoms with Crippen molar-refractivity contribution in [2.24, 2.45) is 17.6 Å². The van der Waals surface area contributed by atoms with Crippen LogP contribution < -0.4 is 11.1 Å². The fourth-order valence-electron chi connectivity index (χ4n) is 2.79. The Bertz CT molecular complexity index is 439. The van der Waals surface area contributed by atoms with Gasteiger partial charge in [-0.3, -0.25) is 14.4 Å². The second kappa shape index (κ2) is 8.86. The summed E-state index contributed by atoms with van der Waals surface area (Å²) in [6.07, 6.45) is 2.33. The summed E-state index contributed by atoms with van der Waals surface area (Å²) < 4.78 is 0. The van der Waals surface area contributed by atoms with E-state index in [9.17, 15) is 19.5 Å². The Morgan fingerprint density at radius 2 is 2.00 bits per heavy atom. The predicted molar refractivity (Wildman–Crippen MR) is 85.9 cm³/mol. The van der Waals surface area contributed by atoms with Gasteiger partial charge in [0.1, 0.15) is 12.3 Å². The van der Waals surface area contributed by atoms with E-state index in [2.05, 4.69) is 5.32 Å². The number of nitrogens with zero attached hydrogens (tertiary/aromatic N) is 1. The fourth-order valence-corrected chi connectivity index (χ4v) is 2.79. The van der Waals surface area contributed by atoms with E-state index < -0.39 is 18.2 Å². The molecule has 1 aliphatic heterocycles. The average Bonchev–Trinajstić information content (AvgIpc) is 2.69. The molecule has 0 aromatic carbocycles.